The third kappa shape index (κ3) is 4.93. The molecule has 8 heteroatoms. The lowest BCUT2D eigenvalue weighted by Gasteiger charge is -2.40. The Labute approximate surface area is 204 Å². The Balaban J connectivity index is 1.14. The summed E-state index contributed by atoms with van der Waals surface area (Å²) < 4.78 is 1.22. The summed E-state index contributed by atoms with van der Waals surface area (Å²) in [5.41, 5.74) is 1.83. The molecule has 34 heavy (non-hydrogen) atoms. The Morgan fingerprint density at radius 3 is 2.47 bits per heavy atom. The Hall–Kier alpha value is -2.97. The van der Waals surface area contributed by atoms with Crippen molar-refractivity contribution in [2.45, 2.75) is 25.8 Å². The van der Waals surface area contributed by atoms with E-state index in [0.717, 1.165) is 55.2 Å². The number of fused-ring (bicyclic) bond motifs is 1. The van der Waals surface area contributed by atoms with Crippen LogP contribution in [0.5, 0.6) is 0 Å². The molecule has 3 aromatic rings. The summed E-state index contributed by atoms with van der Waals surface area (Å²) in [5, 5.41) is 4.08. The summed E-state index contributed by atoms with van der Waals surface area (Å²) in [6.07, 6.45) is 1.70. The van der Waals surface area contributed by atoms with Crippen molar-refractivity contribution in [1.82, 2.24) is 19.7 Å². The van der Waals surface area contributed by atoms with Crippen LogP contribution in [0.3, 0.4) is 0 Å². The zero-order chi connectivity index (χ0) is 23.5. The number of anilines is 1. The highest BCUT2D eigenvalue weighted by molar-refractivity contribution is 7.18. The highest BCUT2D eigenvalue weighted by Gasteiger charge is 2.33. The largest absolute Gasteiger partial charge is 0.340 e. The van der Waals surface area contributed by atoms with Crippen LogP contribution < -0.4 is 5.32 Å². The first-order chi connectivity index (χ1) is 16.6. The molecule has 2 aromatic carbocycles. The van der Waals surface area contributed by atoms with Crippen LogP contribution in [0, 0.1) is 5.92 Å². The number of hydrogen-bond donors (Lipinski definition) is 1. The maximum atomic E-state index is 13.3. The van der Waals surface area contributed by atoms with E-state index in [1.807, 2.05) is 41.3 Å². The molecule has 0 aliphatic carbocycles. The second-order valence-electron chi connectivity index (χ2n) is 9.14. The number of amides is 3. The third-order valence-corrected chi connectivity index (χ3v) is 8.13. The normalized spacial score (nSPS) is 20.3. The predicted molar refractivity (Wildman–Crippen MR) is 136 cm³/mol. The van der Waals surface area contributed by atoms with Crippen molar-refractivity contribution >= 4 is 39.2 Å². The van der Waals surface area contributed by atoms with Crippen LogP contribution >= 0.6 is 11.3 Å². The van der Waals surface area contributed by atoms with Gasteiger partial charge in [-0.2, -0.15) is 0 Å². The SMILES string of the molecule is C[C@@H](c1nc2ccccc2s1)N1CCN(C(=O)[C@H]2CCCN(C(=O)Nc3ccccc3)C2)CC1. The number of carbonyl (C=O) groups is 2. The first-order valence-electron chi connectivity index (χ1n) is 12.1. The lowest BCUT2D eigenvalue weighted by molar-refractivity contribution is -0.139. The summed E-state index contributed by atoms with van der Waals surface area (Å²) in [7, 11) is 0. The van der Waals surface area contributed by atoms with Gasteiger partial charge < -0.3 is 15.1 Å². The average Bonchev–Trinajstić information content (AvgIpc) is 3.33. The fourth-order valence-corrected chi connectivity index (χ4v) is 5.95. The number of thiazole rings is 1. The quantitative estimate of drug-likeness (QED) is 0.603. The van der Waals surface area contributed by atoms with Gasteiger partial charge in [0.05, 0.1) is 22.2 Å². The molecule has 2 saturated heterocycles. The van der Waals surface area contributed by atoms with E-state index in [1.54, 1.807) is 16.2 Å². The Morgan fingerprint density at radius 1 is 0.971 bits per heavy atom. The van der Waals surface area contributed by atoms with Crippen LogP contribution in [0.2, 0.25) is 0 Å². The number of likely N-dealkylation sites (tertiary alicyclic amines) is 1. The monoisotopic (exact) mass is 477 g/mol. The topological polar surface area (TPSA) is 68.8 Å². The second kappa shape index (κ2) is 10.1. The standard InChI is InChI=1S/C26H31N5O2S/c1-19(24-28-22-11-5-6-12-23(22)34-24)29-14-16-30(17-15-29)25(32)20-8-7-13-31(18-20)26(33)27-21-9-3-2-4-10-21/h2-6,9-12,19-20H,7-8,13-18H2,1H3,(H,27,33)/t19-,20-/m0/s1. The van der Waals surface area contributed by atoms with Crippen molar-refractivity contribution in [3.05, 3.63) is 59.6 Å². The molecule has 5 rings (SSSR count). The number of carbonyl (C=O) groups excluding carboxylic acids is 2. The van der Waals surface area contributed by atoms with E-state index in [2.05, 4.69) is 35.3 Å². The fraction of sp³-hybridized carbons (Fsp3) is 0.423. The Kier molecular flexibility index (Phi) is 6.78. The van der Waals surface area contributed by atoms with Crippen molar-refractivity contribution in [2.24, 2.45) is 5.92 Å². The number of piperidine rings is 1. The van der Waals surface area contributed by atoms with Crippen molar-refractivity contribution < 1.29 is 9.59 Å². The number of rotatable bonds is 4. The summed E-state index contributed by atoms with van der Waals surface area (Å²) in [4.78, 5) is 37.0. The molecule has 0 saturated carbocycles. The first kappa shape index (κ1) is 22.8. The minimum Gasteiger partial charge on any atom is -0.340 e. The molecule has 1 aromatic heterocycles. The highest BCUT2D eigenvalue weighted by Crippen LogP contribution is 2.30. The summed E-state index contributed by atoms with van der Waals surface area (Å²) in [5.74, 6) is 0.0630. The zero-order valence-electron chi connectivity index (χ0n) is 19.5. The molecule has 0 radical (unpaired) electrons. The zero-order valence-corrected chi connectivity index (χ0v) is 20.3. The predicted octanol–water partition coefficient (Wildman–Crippen LogP) is 4.45. The molecule has 3 heterocycles. The van der Waals surface area contributed by atoms with Gasteiger partial charge in [-0.15, -0.1) is 11.3 Å². The van der Waals surface area contributed by atoms with Crippen LogP contribution in [0.25, 0.3) is 10.2 Å². The van der Waals surface area contributed by atoms with Crippen molar-refractivity contribution in [3.8, 4) is 0 Å². The first-order valence-corrected chi connectivity index (χ1v) is 12.9. The van der Waals surface area contributed by atoms with Gasteiger partial charge in [0.15, 0.2) is 0 Å². The van der Waals surface area contributed by atoms with Crippen LogP contribution in [0.15, 0.2) is 54.6 Å². The number of para-hydroxylation sites is 2. The average molecular weight is 478 g/mol. The molecule has 2 fully saturated rings. The number of nitrogens with one attached hydrogen (secondary N) is 1. The minimum atomic E-state index is -0.127. The molecule has 2 aliphatic rings. The number of nitrogens with zero attached hydrogens (tertiary/aromatic N) is 4. The van der Waals surface area contributed by atoms with Crippen molar-refractivity contribution in [2.75, 3.05) is 44.6 Å². The Bertz CT molecular complexity index is 1110. The van der Waals surface area contributed by atoms with Gasteiger partial charge in [-0.1, -0.05) is 30.3 Å². The highest BCUT2D eigenvalue weighted by atomic mass is 32.1. The van der Waals surface area contributed by atoms with Gasteiger partial charge in [-0.3, -0.25) is 9.69 Å². The van der Waals surface area contributed by atoms with Gasteiger partial charge in [0.1, 0.15) is 5.01 Å². The van der Waals surface area contributed by atoms with Gasteiger partial charge >= 0.3 is 6.03 Å². The second-order valence-corrected chi connectivity index (χ2v) is 10.2. The van der Waals surface area contributed by atoms with E-state index in [4.69, 9.17) is 4.98 Å². The molecular weight excluding hydrogens is 446 g/mol. The molecule has 2 atom stereocenters. The van der Waals surface area contributed by atoms with Gasteiger partial charge in [-0.05, 0) is 44.0 Å². The van der Waals surface area contributed by atoms with E-state index in [1.165, 1.54) is 4.70 Å². The van der Waals surface area contributed by atoms with E-state index >= 15 is 0 Å². The summed E-state index contributed by atoms with van der Waals surface area (Å²) in [6.45, 7) is 6.51. The summed E-state index contributed by atoms with van der Waals surface area (Å²) in [6, 6.07) is 17.8. The van der Waals surface area contributed by atoms with Gasteiger partial charge in [0.25, 0.3) is 0 Å². The molecule has 0 bridgehead atoms. The smallest absolute Gasteiger partial charge is 0.321 e. The minimum absolute atomic E-state index is 0.122. The van der Waals surface area contributed by atoms with Crippen LogP contribution in [-0.2, 0) is 4.79 Å². The molecule has 0 spiro atoms. The fourth-order valence-electron chi connectivity index (χ4n) is 4.90. The number of aromatic nitrogens is 1. The number of hydrogen-bond acceptors (Lipinski definition) is 5. The van der Waals surface area contributed by atoms with Crippen molar-refractivity contribution in [3.63, 3.8) is 0 Å². The number of piperazine rings is 1. The molecular formula is C26H31N5O2S. The maximum absolute atomic E-state index is 13.3. The number of benzene rings is 2. The van der Waals surface area contributed by atoms with E-state index in [0.29, 0.717) is 13.1 Å². The molecule has 3 amide bonds. The third-order valence-electron chi connectivity index (χ3n) is 6.92. The molecule has 7 nitrogen and oxygen atoms in total. The molecule has 178 valence electrons. The van der Waals surface area contributed by atoms with Crippen LogP contribution in [-0.4, -0.2) is 70.9 Å². The van der Waals surface area contributed by atoms with Crippen LogP contribution in [0.4, 0.5) is 10.5 Å². The maximum Gasteiger partial charge on any atom is 0.321 e. The molecule has 2 aliphatic heterocycles. The van der Waals surface area contributed by atoms with Gasteiger partial charge in [0.2, 0.25) is 5.91 Å². The number of urea groups is 1. The van der Waals surface area contributed by atoms with E-state index in [9.17, 15) is 9.59 Å². The van der Waals surface area contributed by atoms with Crippen LogP contribution in [0.1, 0.15) is 30.8 Å². The van der Waals surface area contributed by atoms with E-state index < -0.39 is 0 Å². The molecule has 1 N–H and O–H groups in total. The lowest BCUT2D eigenvalue weighted by Crippen LogP contribution is -2.53. The summed E-state index contributed by atoms with van der Waals surface area (Å²) >= 11 is 1.76. The van der Waals surface area contributed by atoms with Crippen molar-refractivity contribution in [1.29, 1.82) is 0 Å². The lowest BCUT2D eigenvalue weighted by atomic mass is 9.96. The van der Waals surface area contributed by atoms with Gasteiger partial charge in [0, 0.05) is 45.0 Å². The van der Waals surface area contributed by atoms with Gasteiger partial charge in [-0.25, -0.2) is 9.78 Å². The Morgan fingerprint density at radius 2 is 1.71 bits per heavy atom. The molecule has 0 unspecified atom stereocenters. The van der Waals surface area contributed by atoms with E-state index in [-0.39, 0.29) is 23.9 Å².